The molecule has 3 N–H and O–H groups in total. The standard InChI is InChI=1S/C17H18N4O4S/c22-13-8-15(20(9-13)10-14-5-2-6-26-14)17-18-16(19-25-17)11-3-1-4-12(7-11)21(23)24/h1-7,13,15,21-23H,8-10H2/t13-,15-/m1/s1. The third-order valence-corrected chi connectivity index (χ3v) is 5.28. The van der Waals surface area contributed by atoms with Gasteiger partial charge in [0.05, 0.1) is 12.1 Å². The molecule has 1 saturated heterocycles. The van der Waals surface area contributed by atoms with E-state index < -0.39 is 11.3 Å². The van der Waals surface area contributed by atoms with Crippen LogP contribution < -0.4 is 5.23 Å². The Morgan fingerprint density at radius 3 is 3.00 bits per heavy atom. The van der Waals surface area contributed by atoms with Gasteiger partial charge in [-0.3, -0.25) is 4.90 Å². The zero-order valence-electron chi connectivity index (χ0n) is 13.8. The molecular formula is C17H18N4O4S. The van der Waals surface area contributed by atoms with Crippen molar-refractivity contribution < 1.29 is 20.1 Å². The van der Waals surface area contributed by atoms with E-state index in [1.165, 1.54) is 17.0 Å². The van der Waals surface area contributed by atoms with Gasteiger partial charge in [0.15, 0.2) is 5.69 Å². The minimum absolute atomic E-state index is 0.156. The molecule has 1 fully saturated rings. The van der Waals surface area contributed by atoms with Crippen molar-refractivity contribution in [3.05, 3.63) is 57.8 Å². The van der Waals surface area contributed by atoms with E-state index in [4.69, 9.17) is 9.73 Å². The van der Waals surface area contributed by atoms with E-state index in [0.29, 0.717) is 36.8 Å². The molecule has 26 heavy (non-hydrogen) atoms. The van der Waals surface area contributed by atoms with Gasteiger partial charge in [0.25, 0.3) is 0 Å². The third kappa shape index (κ3) is 3.54. The molecule has 0 radical (unpaired) electrons. The van der Waals surface area contributed by atoms with Gasteiger partial charge in [-0.2, -0.15) is 10.2 Å². The maximum Gasteiger partial charge on any atom is 0.244 e. The van der Waals surface area contributed by atoms with Gasteiger partial charge in [-0.1, -0.05) is 23.4 Å². The van der Waals surface area contributed by atoms with Crippen molar-refractivity contribution in [2.75, 3.05) is 6.54 Å². The predicted octanol–water partition coefficient (Wildman–Crippen LogP) is 1.51. The van der Waals surface area contributed by atoms with Crippen LogP contribution in [0.4, 0.5) is 5.69 Å². The lowest BCUT2D eigenvalue weighted by molar-refractivity contribution is -0.991. The van der Waals surface area contributed by atoms with E-state index in [0.717, 1.165) is 0 Å². The number of β-amino-alcohol motifs (C(OH)–C–C–N with tert-alkyl or cyclic N) is 1. The minimum atomic E-state index is -1.00. The molecule has 9 heteroatoms. The lowest BCUT2D eigenvalue weighted by Crippen LogP contribution is -2.99. The lowest BCUT2D eigenvalue weighted by atomic mass is 10.2. The first-order valence-electron chi connectivity index (χ1n) is 8.22. The van der Waals surface area contributed by atoms with Crippen LogP contribution in [-0.4, -0.2) is 38.0 Å². The first-order chi connectivity index (χ1) is 12.6. The van der Waals surface area contributed by atoms with Crippen LogP contribution >= 0.6 is 11.3 Å². The predicted molar refractivity (Wildman–Crippen MR) is 93.6 cm³/mol. The van der Waals surface area contributed by atoms with Gasteiger partial charge in [0.2, 0.25) is 11.7 Å². The first-order valence-corrected chi connectivity index (χ1v) is 9.10. The largest absolute Gasteiger partial charge is 0.595 e. The summed E-state index contributed by atoms with van der Waals surface area (Å²) < 4.78 is 5.44. The van der Waals surface area contributed by atoms with Crippen LogP contribution in [0.15, 0.2) is 46.3 Å². The molecule has 136 valence electrons. The van der Waals surface area contributed by atoms with Gasteiger partial charge < -0.3 is 14.8 Å². The number of aliphatic hydroxyl groups excluding tert-OH is 1. The Kier molecular flexibility index (Phi) is 4.81. The second-order valence-electron chi connectivity index (χ2n) is 6.26. The van der Waals surface area contributed by atoms with Crippen LogP contribution in [0.2, 0.25) is 0 Å². The molecule has 0 aliphatic carbocycles. The van der Waals surface area contributed by atoms with E-state index in [9.17, 15) is 10.3 Å². The van der Waals surface area contributed by atoms with Crippen LogP contribution in [0.3, 0.4) is 0 Å². The average Bonchev–Trinajstić information content (AvgIpc) is 3.36. The molecular weight excluding hydrogens is 356 g/mol. The molecule has 1 unspecified atom stereocenters. The monoisotopic (exact) mass is 374 g/mol. The van der Waals surface area contributed by atoms with Crippen molar-refractivity contribution in [3.8, 4) is 11.4 Å². The number of nitrogens with one attached hydrogen (secondary N) is 1. The zero-order valence-corrected chi connectivity index (χ0v) is 14.6. The first kappa shape index (κ1) is 17.3. The van der Waals surface area contributed by atoms with Crippen LogP contribution in [0.25, 0.3) is 11.4 Å². The van der Waals surface area contributed by atoms with Gasteiger partial charge in [-0.15, -0.1) is 11.3 Å². The fourth-order valence-corrected chi connectivity index (χ4v) is 3.92. The molecule has 3 aromatic rings. The van der Waals surface area contributed by atoms with Crippen LogP contribution in [0.5, 0.6) is 0 Å². The molecule has 0 amide bonds. The Morgan fingerprint density at radius 2 is 2.23 bits per heavy atom. The summed E-state index contributed by atoms with van der Waals surface area (Å²) in [6.45, 7) is 1.26. The molecule has 3 atom stereocenters. The molecule has 3 heterocycles. The van der Waals surface area contributed by atoms with Gasteiger partial charge >= 0.3 is 0 Å². The Balaban J connectivity index is 1.57. The van der Waals surface area contributed by atoms with E-state index in [-0.39, 0.29) is 11.7 Å². The van der Waals surface area contributed by atoms with Crippen LogP contribution in [0, 0.1) is 5.21 Å². The summed E-state index contributed by atoms with van der Waals surface area (Å²) in [6, 6.07) is 10.3. The van der Waals surface area contributed by atoms with E-state index in [1.54, 1.807) is 23.5 Å². The number of hydrogen-bond donors (Lipinski definition) is 3. The smallest absolute Gasteiger partial charge is 0.244 e. The van der Waals surface area contributed by atoms with Crippen molar-refractivity contribution in [3.63, 3.8) is 0 Å². The highest BCUT2D eigenvalue weighted by molar-refractivity contribution is 7.09. The highest BCUT2D eigenvalue weighted by Crippen LogP contribution is 2.34. The number of aromatic nitrogens is 2. The fourth-order valence-electron chi connectivity index (χ4n) is 3.19. The van der Waals surface area contributed by atoms with E-state index in [2.05, 4.69) is 21.1 Å². The molecule has 2 aromatic heterocycles. The van der Waals surface area contributed by atoms with Crippen molar-refractivity contribution in [1.29, 1.82) is 0 Å². The summed E-state index contributed by atoms with van der Waals surface area (Å²) in [6.07, 6.45) is 0.0907. The van der Waals surface area contributed by atoms with Crippen LogP contribution in [0.1, 0.15) is 23.2 Å². The van der Waals surface area contributed by atoms with E-state index >= 15 is 0 Å². The van der Waals surface area contributed by atoms with Crippen molar-refractivity contribution in [1.82, 2.24) is 15.0 Å². The molecule has 4 rings (SSSR count). The summed E-state index contributed by atoms with van der Waals surface area (Å²) in [4.78, 5) is 7.79. The second kappa shape index (κ2) is 7.23. The van der Waals surface area contributed by atoms with Gasteiger partial charge in [0, 0.05) is 35.7 Å². The topological polar surface area (TPSA) is 110 Å². The molecule has 1 aromatic carbocycles. The Bertz CT molecular complexity index is 867. The minimum Gasteiger partial charge on any atom is -0.595 e. The normalized spacial score (nSPS) is 22.0. The summed E-state index contributed by atoms with van der Waals surface area (Å²) in [5, 5.41) is 35.4. The maximum absolute atomic E-state index is 11.1. The summed E-state index contributed by atoms with van der Waals surface area (Å²) >= 11 is 1.67. The number of thiophene rings is 1. The SMILES string of the molecule is [O-][NH+](O)c1cccc(-c2noc([C@H]3C[C@@H](O)CN3Cc3cccs3)n2)c1. The number of rotatable bonds is 5. The van der Waals surface area contributed by atoms with Crippen LogP contribution in [-0.2, 0) is 6.54 Å². The number of aliphatic hydroxyl groups is 1. The molecule has 0 saturated carbocycles. The van der Waals surface area contributed by atoms with Gasteiger partial charge in [-0.25, -0.2) is 5.21 Å². The number of benzene rings is 1. The Morgan fingerprint density at radius 1 is 1.35 bits per heavy atom. The number of quaternary nitrogens is 1. The molecule has 0 spiro atoms. The summed E-state index contributed by atoms with van der Waals surface area (Å²) in [5.74, 6) is 0.786. The third-order valence-electron chi connectivity index (χ3n) is 4.41. The summed E-state index contributed by atoms with van der Waals surface area (Å²) in [7, 11) is 0. The quantitative estimate of drug-likeness (QED) is 0.581. The maximum atomic E-state index is 11.1. The highest BCUT2D eigenvalue weighted by atomic mass is 32.1. The lowest BCUT2D eigenvalue weighted by Gasteiger charge is -2.20. The second-order valence-corrected chi connectivity index (χ2v) is 7.29. The number of hydrogen-bond acceptors (Lipinski definition) is 8. The molecule has 0 bridgehead atoms. The molecule has 1 aliphatic rings. The number of nitrogens with zero attached hydrogens (tertiary/aromatic N) is 3. The fraction of sp³-hybridized carbons (Fsp3) is 0.294. The molecule has 1 aliphatic heterocycles. The Hall–Kier alpha value is -2.14. The zero-order chi connectivity index (χ0) is 18.1. The van der Waals surface area contributed by atoms with Gasteiger partial charge in [-0.05, 0) is 17.9 Å². The highest BCUT2D eigenvalue weighted by Gasteiger charge is 2.36. The molecule has 8 nitrogen and oxygen atoms in total. The van der Waals surface area contributed by atoms with E-state index in [1.807, 2.05) is 11.4 Å². The van der Waals surface area contributed by atoms with Crippen molar-refractivity contribution >= 4 is 17.0 Å². The van der Waals surface area contributed by atoms with Crippen molar-refractivity contribution in [2.24, 2.45) is 0 Å². The van der Waals surface area contributed by atoms with Gasteiger partial charge in [0.1, 0.15) is 0 Å². The summed E-state index contributed by atoms with van der Waals surface area (Å²) in [5.41, 5.74) is 0.757. The number of likely N-dealkylation sites (tertiary alicyclic amines) is 1. The average molecular weight is 374 g/mol. The Labute approximate surface area is 153 Å². The van der Waals surface area contributed by atoms with Crippen molar-refractivity contribution in [2.45, 2.75) is 25.1 Å².